The Morgan fingerprint density at radius 1 is 1.36 bits per heavy atom. The predicted octanol–water partition coefficient (Wildman–Crippen LogP) is 3.92. The minimum absolute atomic E-state index is 0.329. The van der Waals surface area contributed by atoms with Crippen molar-refractivity contribution in [2.45, 2.75) is 32.6 Å². The van der Waals surface area contributed by atoms with Gasteiger partial charge in [0.25, 0.3) is 0 Å². The molecule has 1 aromatic carbocycles. The summed E-state index contributed by atoms with van der Waals surface area (Å²) < 4.78 is 1.08. The lowest BCUT2D eigenvalue weighted by molar-refractivity contribution is -0.119. The third kappa shape index (κ3) is 3.26. The largest absolute Gasteiger partial charge is 0.300 e. The monoisotopic (exact) mass is 254 g/mol. The van der Waals surface area contributed by atoms with Gasteiger partial charge in [0.05, 0.1) is 0 Å². The summed E-state index contributed by atoms with van der Waals surface area (Å²) in [5.74, 6) is 0.663. The van der Waals surface area contributed by atoms with Gasteiger partial charge in [0.2, 0.25) is 0 Å². The standard InChI is InChI=1S/C12H15BrO/c1-3-12(14)8-9(2)10-4-6-11(13)7-5-10/h4-7,9H,3,8H2,1-2H3. The van der Waals surface area contributed by atoms with Gasteiger partial charge in [0.1, 0.15) is 5.78 Å². The Balaban J connectivity index is 2.65. The quantitative estimate of drug-likeness (QED) is 0.796. The number of halogens is 1. The van der Waals surface area contributed by atoms with E-state index in [-0.39, 0.29) is 0 Å². The van der Waals surface area contributed by atoms with Crippen LogP contribution in [0.25, 0.3) is 0 Å². The zero-order chi connectivity index (χ0) is 10.6. The van der Waals surface area contributed by atoms with Crippen molar-refractivity contribution >= 4 is 21.7 Å². The van der Waals surface area contributed by atoms with E-state index in [9.17, 15) is 4.79 Å². The van der Waals surface area contributed by atoms with Crippen LogP contribution >= 0.6 is 15.9 Å². The molecule has 0 fully saturated rings. The Hall–Kier alpha value is -0.630. The summed E-state index contributed by atoms with van der Waals surface area (Å²) in [5.41, 5.74) is 1.23. The Kier molecular flexibility index (Phi) is 4.33. The fraction of sp³-hybridized carbons (Fsp3) is 0.417. The third-order valence-electron chi connectivity index (χ3n) is 2.37. The van der Waals surface area contributed by atoms with E-state index in [0.29, 0.717) is 24.5 Å². The lowest BCUT2D eigenvalue weighted by atomic mass is 9.95. The lowest BCUT2D eigenvalue weighted by Gasteiger charge is -2.10. The molecule has 1 atom stereocenters. The van der Waals surface area contributed by atoms with Gasteiger partial charge in [-0.25, -0.2) is 0 Å². The Morgan fingerprint density at radius 2 is 1.93 bits per heavy atom. The Bertz CT molecular complexity index is 303. The van der Waals surface area contributed by atoms with Crippen LogP contribution in [0, 0.1) is 0 Å². The maximum atomic E-state index is 11.3. The summed E-state index contributed by atoms with van der Waals surface area (Å²) in [5, 5.41) is 0. The van der Waals surface area contributed by atoms with E-state index in [2.05, 4.69) is 35.0 Å². The fourth-order valence-corrected chi connectivity index (χ4v) is 1.66. The first-order chi connectivity index (χ1) is 6.63. The zero-order valence-corrected chi connectivity index (χ0v) is 10.2. The van der Waals surface area contributed by atoms with Crippen molar-refractivity contribution in [2.75, 3.05) is 0 Å². The van der Waals surface area contributed by atoms with Crippen molar-refractivity contribution < 1.29 is 4.79 Å². The predicted molar refractivity (Wildman–Crippen MR) is 62.5 cm³/mol. The number of benzene rings is 1. The molecule has 0 bridgehead atoms. The molecule has 0 amide bonds. The molecule has 1 aromatic rings. The molecule has 0 aliphatic rings. The van der Waals surface area contributed by atoms with E-state index in [1.807, 2.05) is 19.1 Å². The Morgan fingerprint density at radius 3 is 2.43 bits per heavy atom. The van der Waals surface area contributed by atoms with E-state index < -0.39 is 0 Å². The van der Waals surface area contributed by atoms with E-state index in [1.54, 1.807) is 0 Å². The highest BCUT2D eigenvalue weighted by atomic mass is 79.9. The number of ketones is 1. The molecular formula is C12H15BrO. The summed E-state index contributed by atoms with van der Waals surface area (Å²) in [6.45, 7) is 4.01. The highest BCUT2D eigenvalue weighted by Gasteiger charge is 2.09. The molecule has 1 unspecified atom stereocenters. The van der Waals surface area contributed by atoms with Gasteiger partial charge in [-0.2, -0.15) is 0 Å². The number of carbonyl (C=O) groups is 1. The van der Waals surface area contributed by atoms with Crippen LogP contribution in [-0.2, 0) is 4.79 Å². The molecule has 76 valence electrons. The molecule has 2 heteroatoms. The van der Waals surface area contributed by atoms with Gasteiger partial charge in [0.15, 0.2) is 0 Å². The second-order valence-corrected chi connectivity index (χ2v) is 4.46. The van der Waals surface area contributed by atoms with Gasteiger partial charge in [-0.1, -0.05) is 41.9 Å². The molecular weight excluding hydrogens is 240 g/mol. The van der Waals surface area contributed by atoms with Crippen molar-refractivity contribution in [3.8, 4) is 0 Å². The second kappa shape index (κ2) is 5.30. The summed E-state index contributed by atoms with van der Waals surface area (Å²) in [4.78, 5) is 11.3. The van der Waals surface area contributed by atoms with Crippen molar-refractivity contribution in [3.05, 3.63) is 34.3 Å². The van der Waals surface area contributed by atoms with Crippen molar-refractivity contribution in [1.29, 1.82) is 0 Å². The maximum absolute atomic E-state index is 11.3. The first kappa shape index (κ1) is 11.4. The van der Waals surface area contributed by atoms with Crippen LogP contribution in [0.5, 0.6) is 0 Å². The van der Waals surface area contributed by atoms with Gasteiger partial charge in [-0.05, 0) is 23.6 Å². The van der Waals surface area contributed by atoms with E-state index in [4.69, 9.17) is 0 Å². The average molecular weight is 255 g/mol. The summed E-state index contributed by atoms with van der Waals surface area (Å²) in [6, 6.07) is 8.17. The number of hydrogen-bond donors (Lipinski definition) is 0. The molecule has 0 aliphatic carbocycles. The van der Waals surface area contributed by atoms with Crippen molar-refractivity contribution in [2.24, 2.45) is 0 Å². The van der Waals surface area contributed by atoms with Crippen LogP contribution in [0.2, 0.25) is 0 Å². The van der Waals surface area contributed by atoms with Crippen LogP contribution in [0.1, 0.15) is 38.2 Å². The number of hydrogen-bond acceptors (Lipinski definition) is 1. The smallest absolute Gasteiger partial charge is 0.133 e. The second-order valence-electron chi connectivity index (χ2n) is 3.55. The molecule has 0 saturated heterocycles. The summed E-state index contributed by atoms with van der Waals surface area (Å²) >= 11 is 3.39. The molecule has 14 heavy (non-hydrogen) atoms. The topological polar surface area (TPSA) is 17.1 Å². The molecule has 0 aromatic heterocycles. The molecule has 0 saturated carbocycles. The summed E-state index contributed by atoms with van der Waals surface area (Å²) in [6.07, 6.45) is 1.29. The van der Waals surface area contributed by atoms with Crippen LogP contribution in [0.4, 0.5) is 0 Å². The molecule has 0 heterocycles. The zero-order valence-electron chi connectivity index (χ0n) is 8.59. The van der Waals surface area contributed by atoms with E-state index in [0.717, 1.165) is 4.47 Å². The van der Waals surface area contributed by atoms with Crippen molar-refractivity contribution in [3.63, 3.8) is 0 Å². The van der Waals surface area contributed by atoms with Gasteiger partial charge >= 0.3 is 0 Å². The molecule has 0 radical (unpaired) electrons. The van der Waals surface area contributed by atoms with Crippen LogP contribution in [-0.4, -0.2) is 5.78 Å². The molecule has 1 nitrogen and oxygen atoms in total. The number of carbonyl (C=O) groups excluding carboxylic acids is 1. The van der Waals surface area contributed by atoms with Gasteiger partial charge in [0, 0.05) is 17.3 Å². The van der Waals surface area contributed by atoms with Gasteiger partial charge in [-0.3, -0.25) is 4.79 Å². The first-order valence-electron chi connectivity index (χ1n) is 4.90. The van der Waals surface area contributed by atoms with Gasteiger partial charge < -0.3 is 0 Å². The lowest BCUT2D eigenvalue weighted by Crippen LogP contribution is -2.02. The van der Waals surface area contributed by atoms with Crippen LogP contribution < -0.4 is 0 Å². The highest BCUT2D eigenvalue weighted by Crippen LogP contribution is 2.21. The maximum Gasteiger partial charge on any atom is 0.133 e. The molecule has 0 N–H and O–H groups in total. The van der Waals surface area contributed by atoms with Crippen LogP contribution in [0.15, 0.2) is 28.7 Å². The average Bonchev–Trinajstić information content (AvgIpc) is 2.18. The Labute approximate surface area is 93.7 Å². The minimum Gasteiger partial charge on any atom is -0.300 e. The van der Waals surface area contributed by atoms with Crippen LogP contribution in [0.3, 0.4) is 0 Å². The van der Waals surface area contributed by atoms with Gasteiger partial charge in [-0.15, -0.1) is 0 Å². The minimum atomic E-state index is 0.329. The number of Topliss-reactive ketones (excluding diaryl/α,β-unsaturated/α-hetero) is 1. The fourth-order valence-electron chi connectivity index (χ4n) is 1.40. The molecule has 1 rings (SSSR count). The third-order valence-corrected chi connectivity index (χ3v) is 2.90. The highest BCUT2D eigenvalue weighted by molar-refractivity contribution is 9.10. The first-order valence-corrected chi connectivity index (χ1v) is 5.70. The van der Waals surface area contributed by atoms with E-state index in [1.165, 1.54) is 5.56 Å². The molecule has 0 aliphatic heterocycles. The SMILES string of the molecule is CCC(=O)CC(C)c1ccc(Br)cc1. The molecule has 0 spiro atoms. The normalized spacial score (nSPS) is 12.5. The van der Waals surface area contributed by atoms with Crippen molar-refractivity contribution in [1.82, 2.24) is 0 Å². The summed E-state index contributed by atoms with van der Waals surface area (Å²) in [7, 11) is 0. The number of rotatable bonds is 4. The van der Waals surface area contributed by atoms with E-state index >= 15 is 0 Å².